The van der Waals surface area contributed by atoms with E-state index < -0.39 is 0 Å². The Morgan fingerprint density at radius 3 is 2.62 bits per heavy atom. The quantitative estimate of drug-likeness (QED) is 0.909. The summed E-state index contributed by atoms with van der Waals surface area (Å²) < 4.78 is 0. The molecule has 1 aliphatic carbocycles. The maximum Gasteiger partial charge on any atom is 0.249 e. The summed E-state index contributed by atoms with van der Waals surface area (Å²) in [6.07, 6.45) is 7.23. The monoisotopic (exact) mass is 351 g/mol. The second-order valence-electron chi connectivity index (χ2n) is 7.06. The highest BCUT2D eigenvalue weighted by atomic mass is 16.2. The van der Waals surface area contributed by atoms with Crippen molar-refractivity contribution in [2.24, 2.45) is 0 Å². The average molecular weight is 351 g/mol. The summed E-state index contributed by atoms with van der Waals surface area (Å²) in [6.45, 7) is 2.08. The number of fused-ring (bicyclic) bond motifs is 1. The predicted octanol–water partition coefficient (Wildman–Crippen LogP) is 3.72. The van der Waals surface area contributed by atoms with Crippen LogP contribution in [0.25, 0.3) is 0 Å². The van der Waals surface area contributed by atoms with Crippen LogP contribution in [-0.4, -0.2) is 35.0 Å². The SMILES string of the molecule is CCC1C(=O)N(C)c2cnc(Nc3ccccc3)nc2N1C1CCCC1. The maximum atomic E-state index is 12.9. The number of anilines is 4. The smallest absolute Gasteiger partial charge is 0.249 e. The number of rotatable bonds is 4. The number of hydrogen-bond acceptors (Lipinski definition) is 5. The molecule has 2 aliphatic rings. The number of likely N-dealkylation sites (N-methyl/N-ethyl adjacent to an activating group) is 1. The fraction of sp³-hybridized carbons (Fsp3) is 0.450. The molecule has 1 saturated carbocycles. The van der Waals surface area contributed by atoms with Crippen LogP contribution in [0.5, 0.6) is 0 Å². The van der Waals surface area contributed by atoms with Crippen LogP contribution in [0.3, 0.4) is 0 Å². The Hall–Kier alpha value is -2.63. The summed E-state index contributed by atoms with van der Waals surface area (Å²) >= 11 is 0. The molecule has 2 aromatic rings. The van der Waals surface area contributed by atoms with Gasteiger partial charge >= 0.3 is 0 Å². The summed E-state index contributed by atoms with van der Waals surface area (Å²) in [6, 6.07) is 10.2. The van der Waals surface area contributed by atoms with Crippen molar-refractivity contribution in [2.75, 3.05) is 22.2 Å². The first kappa shape index (κ1) is 16.8. The predicted molar refractivity (Wildman–Crippen MR) is 104 cm³/mol. The normalized spacial score (nSPS) is 20.4. The Bertz CT molecular complexity index is 788. The van der Waals surface area contributed by atoms with E-state index in [4.69, 9.17) is 4.98 Å². The average Bonchev–Trinajstić information content (AvgIpc) is 3.19. The Labute approximate surface area is 154 Å². The van der Waals surface area contributed by atoms with Gasteiger partial charge in [-0.1, -0.05) is 38.0 Å². The number of aromatic nitrogens is 2. The van der Waals surface area contributed by atoms with E-state index in [9.17, 15) is 4.79 Å². The number of carbonyl (C=O) groups is 1. The molecule has 1 N–H and O–H groups in total. The molecule has 0 spiro atoms. The van der Waals surface area contributed by atoms with Gasteiger partial charge in [-0.05, 0) is 31.4 Å². The molecule has 1 aromatic heterocycles. The molecule has 6 heteroatoms. The molecule has 1 unspecified atom stereocenters. The van der Waals surface area contributed by atoms with Gasteiger partial charge in [-0.2, -0.15) is 4.98 Å². The van der Waals surface area contributed by atoms with Gasteiger partial charge in [0.2, 0.25) is 11.9 Å². The standard InChI is InChI=1S/C20H25N5O/c1-3-16-19(26)24(2)17-13-21-20(22-14-9-5-4-6-10-14)23-18(17)25(16)15-11-7-8-12-15/h4-6,9-10,13,15-16H,3,7-8,11-12H2,1-2H3,(H,21,22,23). The maximum absolute atomic E-state index is 12.9. The zero-order valence-corrected chi connectivity index (χ0v) is 15.4. The fourth-order valence-corrected chi connectivity index (χ4v) is 4.09. The second kappa shape index (κ2) is 6.94. The van der Waals surface area contributed by atoms with Crippen molar-refractivity contribution in [3.8, 4) is 0 Å². The highest BCUT2D eigenvalue weighted by Gasteiger charge is 2.41. The molecular formula is C20H25N5O. The van der Waals surface area contributed by atoms with E-state index in [1.165, 1.54) is 12.8 Å². The van der Waals surface area contributed by atoms with Crippen molar-refractivity contribution in [1.82, 2.24) is 9.97 Å². The van der Waals surface area contributed by atoms with Crippen LogP contribution in [0.1, 0.15) is 39.0 Å². The lowest BCUT2D eigenvalue weighted by atomic mass is 10.0. The van der Waals surface area contributed by atoms with E-state index in [0.717, 1.165) is 36.5 Å². The lowest BCUT2D eigenvalue weighted by Crippen LogP contribution is -2.55. The molecule has 1 atom stereocenters. The molecule has 136 valence electrons. The van der Waals surface area contributed by atoms with E-state index >= 15 is 0 Å². The third-order valence-electron chi connectivity index (χ3n) is 5.44. The molecule has 26 heavy (non-hydrogen) atoms. The molecule has 1 amide bonds. The van der Waals surface area contributed by atoms with Crippen LogP contribution >= 0.6 is 0 Å². The van der Waals surface area contributed by atoms with Gasteiger partial charge in [0.15, 0.2) is 5.82 Å². The van der Waals surface area contributed by atoms with Gasteiger partial charge in [-0.25, -0.2) is 4.98 Å². The number of amides is 1. The van der Waals surface area contributed by atoms with E-state index in [-0.39, 0.29) is 11.9 Å². The third-order valence-corrected chi connectivity index (χ3v) is 5.44. The highest BCUT2D eigenvalue weighted by molar-refractivity contribution is 6.04. The van der Waals surface area contributed by atoms with E-state index in [2.05, 4.69) is 22.1 Å². The molecule has 2 heterocycles. The Morgan fingerprint density at radius 1 is 1.19 bits per heavy atom. The topological polar surface area (TPSA) is 61.4 Å². The van der Waals surface area contributed by atoms with Gasteiger partial charge in [0.25, 0.3) is 0 Å². The van der Waals surface area contributed by atoms with Crippen LogP contribution < -0.4 is 15.1 Å². The fourth-order valence-electron chi connectivity index (χ4n) is 4.09. The minimum atomic E-state index is -0.143. The molecule has 0 saturated heterocycles. The highest BCUT2D eigenvalue weighted by Crippen LogP contribution is 2.39. The lowest BCUT2D eigenvalue weighted by molar-refractivity contribution is -0.120. The molecule has 1 aliphatic heterocycles. The molecule has 1 aromatic carbocycles. The van der Waals surface area contributed by atoms with Crippen molar-refractivity contribution >= 4 is 29.0 Å². The summed E-state index contributed by atoms with van der Waals surface area (Å²) in [7, 11) is 1.82. The van der Waals surface area contributed by atoms with Gasteiger partial charge < -0.3 is 15.1 Å². The van der Waals surface area contributed by atoms with Crippen molar-refractivity contribution in [2.45, 2.75) is 51.1 Å². The third kappa shape index (κ3) is 2.89. The lowest BCUT2D eigenvalue weighted by Gasteiger charge is -2.43. The first-order valence-corrected chi connectivity index (χ1v) is 9.44. The minimum Gasteiger partial charge on any atom is -0.340 e. The van der Waals surface area contributed by atoms with Crippen LogP contribution in [0.4, 0.5) is 23.1 Å². The molecule has 0 bridgehead atoms. The molecule has 0 radical (unpaired) electrons. The van der Waals surface area contributed by atoms with Gasteiger partial charge in [0, 0.05) is 18.8 Å². The molecule has 1 fully saturated rings. The Balaban J connectivity index is 1.74. The number of carbonyl (C=O) groups excluding carboxylic acids is 1. The van der Waals surface area contributed by atoms with Crippen molar-refractivity contribution in [3.63, 3.8) is 0 Å². The van der Waals surface area contributed by atoms with Crippen LogP contribution in [0.15, 0.2) is 36.5 Å². The number of benzene rings is 1. The van der Waals surface area contributed by atoms with E-state index in [1.807, 2.05) is 37.4 Å². The van der Waals surface area contributed by atoms with Gasteiger partial charge in [0.1, 0.15) is 11.7 Å². The largest absolute Gasteiger partial charge is 0.340 e. The number of nitrogens with one attached hydrogen (secondary N) is 1. The molecule has 6 nitrogen and oxygen atoms in total. The Morgan fingerprint density at radius 2 is 1.92 bits per heavy atom. The van der Waals surface area contributed by atoms with E-state index in [0.29, 0.717) is 12.0 Å². The molecule has 4 rings (SSSR count). The number of hydrogen-bond donors (Lipinski definition) is 1. The van der Waals surface area contributed by atoms with Gasteiger partial charge in [-0.15, -0.1) is 0 Å². The summed E-state index contributed by atoms with van der Waals surface area (Å²) in [4.78, 5) is 26.1. The zero-order chi connectivity index (χ0) is 18.1. The number of para-hydroxylation sites is 1. The van der Waals surface area contributed by atoms with Gasteiger partial charge in [-0.3, -0.25) is 4.79 Å². The summed E-state index contributed by atoms with van der Waals surface area (Å²) in [5, 5.41) is 3.27. The number of nitrogens with zero attached hydrogens (tertiary/aromatic N) is 4. The van der Waals surface area contributed by atoms with Crippen LogP contribution in [-0.2, 0) is 4.79 Å². The van der Waals surface area contributed by atoms with Gasteiger partial charge in [0.05, 0.1) is 6.20 Å². The van der Waals surface area contributed by atoms with Crippen molar-refractivity contribution in [1.29, 1.82) is 0 Å². The summed E-state index contributed by atoms with van der Waals surface area (Å²) in [5.41, 5.74) is 1.75. The van der Waals surface area contributed by atoms with Crippen molar-refractivity contribution < 1.29 is 4.79 Å². The minimum absolute atomic E-state index is 0.138. The first-order chi connectivity index (χ1) is 12.7. The van der Waals surface area contributed by atoms with Crippen LogP contribution in [0, 0.1) is 0 Å². The Kier molecular flexibility index (Phi) is 4.49. The van der Waals surface area contributed by atoms with Crippen molar-refractivity contribution in [3.05, 3.63) is 36.5 Å². The molecular weight excluding hydrogens is 326 g/mol. The zero-order valence-electron chi connectivity index (χ0n) is 15.4. The van der Waals surface area contributed by atoms with E-state index in [1.54, 1.807) is 11.1 Å². The van der Waals surface area contributed by atoms with Crippen LogP contribution in [0.2, 0.25) is 0 Å². The first-order valence-electron chi connectivity index (χ1n) is 9.44. The summed E-state index contributed by atoms with van der Waals surface area (Å²) in [5.74, 6) is 1.58. The second-order valence-corrected chi connectivity index (χ2v) is 7.06.